The summed E-state index contributed by atoms with van der Waals surface area (Å²) in [6, 6.07) is 12.9. The van der Waals surface area contributed by atoms with Gasteiger partial charge in [-0.3, -0.25) is 0 Å². The van der Waals surface area contributed by atoms with Crippen molar-refractivity contribution in [2.45, 2.75) is 55.3 Å². The number of rotatable bonds is 4. The summed E-state index contributed by atoms with van der Waals surface area (Å²) < 4.78 is 17.3. The van der Waals surface area contributed by atoms with Gasteiger partial charge in [0.05, 0.1) is 13.7 Å². The van der Waals surface area contributed by atoms with Crippen molar-refractivity contribution in [2.75, 3.05) is 38.8 Å². The van der Waals surface area contributed by atoms with Gasteiger partial charge in [-0.05, 0) is 86.1 Å². The van der Waals surface area contributed by atoms with Gasteiger partial charge in [0.15, 0.2) is 0 Å². The fourth-order valence-corrected chi connectivity index (χ4v) is 8.64. The van der Waals surface area contributed by atoms with E-state index < -0.39 is 11.2 Å². The van der Waals surface area contributed by atoms with E-state index in [0.29, 0.717) is 13.1 Å². The molecule has 1 atom stereocenters. The van der Waals surface area contributed by atoms with E-state index in [2.05, 4.69) is 30.3 Å². The average Bonchev–Trinajstić information content (AvgIpc) is 2.82. The normalized spacial score (nSPS) is 23.4. The third-order valence-corrected chi connectivity index (χ3v) is 10.1. The van der Waals surface area contributed by atoms with Gasteiger partial charge in [-0.15, -0.1) is 23.5 Å². The highest BCUT2D eigenvalue weighted by molar-refractivity contribution is 8.18. The zero-order valence-corrected chi connectivity index (χ0v) is 21.9. The highest BCUT2D eigenvalue weighted by atomic mass is 32.2. The molecule has 0 N–H and O–H groups in total. The lowest BCUT2D eigenvalue weighted by Crippen LogP contribution is -2.61. The number of carbonyl (C=O) groups excluding carboxylic acids is 1. The summed E-state index contributed by atoms with van der Waals surface area (Å²) in [7, 11) is 3.50. The number of nitrogens with zero attached hydrogens (tertiary/aromatic N) is 1. The average molecular weight is 490 g/mol. The molecule has 0 aromatic heterocycles. The van der Waals surface area contributed by atoms with Gasteiger partial charge in [0.2, 0.25) is 0 Å². The molecule has 4 rings (SSSR count). The summed E-state index contributed by atoms with van der Waals surface area (Å²) in [5.41, 5.74) is 0.232. The molecular weight excluding hydrogens is 454 g/mol. The van der Waals surface area contributed by atoms with Crippen molar-refractivity contribution in [2.24, 2.45) is 0 Å². The van der Waals surface area contributed by atoms with Crippen LogP contribution < -0.4 is 4.74 Å². The maximum Gasteiger partial charge on any atom is 0.410 e. The first-order valence-corrected chi connectivity index (χ1v) is 13.6. The van der Waals surface area contributed by atoms with Crippen LogP contribution in [0.2, 0.25) is 0 Å². The minimum Gasteiger partial charge on any atom is -0.497 e. The molecule has 2 heterocycles. The molecule has 0 spiro atoms. The van der Waals surface area contributed by atoms with Crippen LogP contribution in [0.1, 0.15) is 45.6 Å². The molecule has 1 unspecified atom stereocenters. The molecule has 2 aromatic carbocycles. The van der Waals surface area contributed by atoms with E-state index in [-0.39, 0.29) is 10.2 Å². The molecular formula is C26H35NO4S2. The van der Waals surface area contributed by atoms with Crippen molar-refractivity contribution in [1.29, 1.82) is 0 Å². The van der Waals surface area contributed by atoms with E-state index >= 15 is 0 Å². The fraction of sp³-hybridized carbons (Fsp3) is 0.577. The van der Waals surface area contributed by atoms with Crippen LogP contribution in [0.5, 0.6) is 5.75 Å². The fourth-order valence-electron chi connectivity index (χ4n) is 4.85. The predicted molar refractivity (Wildman–Crippen MR) is 138 cm³/mol. The van der Waals surface area contributed by atoms with Gasteiger partial charge in [0.25, 0.3) is 0 Å². The number of carbonyl (C=O) groups is 1. The van der Waals surface area contributed by atoms with Gasteiger partial charge in [-0.2, -0.15) is 0 Å². The van der Waals surface area contributed by atoms with Gasteiger partial charge >= 0.3 is 6.09 Å². The van der Waals surface area contributed by atoms with Gasteiger partial charge < -0.3 is 19.1 Å². The van der Waals surface area contributed by atoms with Crippen LogP contribution >= 0.6 is 23.5 Å². The van der Waals surface area contributed by atoms with Crippen LogP contribution in [0.3, 0.4) is 0 Å². The number of hydrogen-bond donors (Lipinski definition) is 0. The molecule has 2 aliphatic heterocycles. The topological polar surface area (TPSA) is 48.0 Å². The molecule has 180 valence electrons. The van der Waals surface area contributed by atoms with Crippen LogP contribution in [0.15, 0.2) is 36.4 Å². The highest BCUT2D eigenvalue weighted by Gasteiger charge is 2.57. The summed E-state index contributed by atoms with van der Waals surface area (Å²) in [5.74, 6) is 3.01. The number of ether oxygens (including phenoxy) is 3. The molecule has 1 amide bonds. The van der Waals surface area contributed by atoms with Crippen LogP contribution in [0, 0.1) is 0 Å². The predicted octanol–water partition coefficient (Wildman–Crippen LogP) is 6.29. The third kappa shape index (κ3) is 4.82. The van der Waals surface area contributed by atoms with Gasteiger partial charge in [-0.1, -0.05) is 18.2 Å². The number of fused-ring (bicyclic) bond motifs is 1. The summed E-state index contributed by atoms with van der Waals surface area (Å²) in [6.45, 7) is 6.96. The van der Waals surface area contributed by atoms with E-state index in [4.69, 9.17) is 14.2 Å². The summed E-state index contributed by atoms with van der Waals surface area (Å²) in [6.07, 6.45) is 2.72. The van der Waals surface area contributed by atoms with Crippen molar-refractivity contribution < 1.29 is 19.0 Å². The Balaban J connectivity index is 1.74. The lowest BCUT2D eigenvalue weighted by molar-refractivity contribution is -0.0765. The largest absolute Gasteiger partial charge is 0.497 e. The zero-order valence-electron chi connectivity index (χ0n) is 20.3. The van der Waals surface area contributed by atoms with E-state index in [9.17, 15) is 4.79 Å². The number of amides is 1. The second kappa shape index (κ2) is 9.59. The number of benzene rings is 2. The maximum atomic E-state index is 13.0. The molecule has 0 bridgehead atoms. The van der Waals surface area contributed by atoms with E-state index in [1.165, 1.54) is 17.4 Å². The van der Waals surface area contributed by atoms with Crippen LogP contribution in [0.25, 0.3) is 10.8 Å². The molecule has 33 heavy (non-hydrogen) atoms. The van der Waals surface area contributed by atoms with Crippen molar-refractivity contribution in [3.8, 4) is 5.75 Å². The smallest absolute Gasteiger partial charge is 0.410 e. The Bertz CT molecular complexity index is 999. The van der Waals surface area contributed by atoms with Crippen LogP contribution in [-0.2, 0) is 13.6 Å². The molecule has 2 saturated heterocycles. The third-order valence-electron chi connectivity index (χ3n) is 6.42. The zero-order chi connectivity index (χ0) is 23.7. The number of methoxy groups -OCH3 is 2. The van der Waals surface area contributed by atoms with Crippen molar-refractivity contribution in [3.05, 3.63) is 42.0 Å². The first-order valence-electron chi connectivity index (χ1n) is 11.6. The molecule has 7 heteroatoms. The second-order valence-corrected chi connectivity index (χ2v) is 12.7. The summed E-state index contributed by atoms with van der Waals surface area (Å²) >= 11 is 3.94. The monoisotopic (exact) mass is 489 g/mol. The molecule has 2 aliphatic rings. The van der Waals surface area contributed by atoms with Gasteiger partial charge in [-0.25, -0.2) is 4.79 Å². The Labute approximate surface area is 205 Å². The van der Waals surface area contributed by atoms with E-state index in [1.54, 1.807) is 7.11 Å². The molecule has 2 fully saturated rings. The van der Waals surface area contributed by atoms with Crippen molar-refractivity contribution >= 4 is 40.4 Å². The van der Waals surface area contributed by atoms with Crippen LogP contribution in [0.4, 0.5) is 4.79 Å². The lowest BCUT2D eigenvalue weighted by Gasteiger charge is -2.54. The highest BCUT2D eigenvalue weighted by Crippen LogP contribution is 2.60. The first-order chi connectivity index (χ1) is 15.7. The first kappa shape index (κ1) is 24.6. The minimum atomic E-state index is -0.518. The van der Waals surface area contributed by atoms with E-state index in [0.717, 1.165) is 35.5 Å². The molecule has 5 nitrogen and oxygen atoms in total. The maximum absolute atomic E-state index is 13.0. The van der Waals surface area contributed by atoms with Crippen molar-refractivity contribution in [3.63, 3.8) is 0 Å². The van der Waals surface area contributed by atoms with Gasteiger partial charge in [0.1, 0.15) is 21.0 Å². The van der Waals surface area contributed by atoms with Crippen molar-refractivity contribution in [1.82, 2.24) is 4.90 Å². The number of hydrogen-bond acceptors (Lipinski definition) is 6. The Kier molecular flexibility index (Phi) is 7.13. The van der Waals surface area contributed by atoms with Crippen LogP contribution in [-0.4, -0.2) is 61.0 Å². The van der Waals surface area contributed by atoms with Gasteiger partial charge in [0, 0.05) is 13.7 Å². The Morgan fingerprint density at radius 2 is 1.70 bits per heavy atom. The Morgan fingerprint density at radius 3 is 2.36 bits per heavy atom. The minimum absolute atomic E-state index is 0.254. The lowest BCUT2D eigenvalue weighted by atomic mass is 9.84. The Morgan fingerprint density at radius 1 is 1.00 bits per heavy atom. The Hall–Kier alpha value is -1.57. The summed E-state index contributed by atoms with van der Waals surface area (Å²) in [4.78, 5) is 14.8. The number of thioether (sulfide) groups is 2. The molecule has 0 saturated carbocycles. The standard InChI is InChI=1S/C26H35NO4S2/c1-24(2,3)31-23(28)27-13-6-12-25(18-27,30-5)26(32-14-7-15-33-26)21-10-8-20-17-22(29-4)11-9-19(20)16-21/h8-11,16-17H,6-7,12-15,18H2,1-5H3. The SMILES string of the molecule is COc1ccc2cc(C3(C4(OC)CCCN(C(=O)OC(C)(C)C)C4)SCCCS3)ccc2c1. The number of piperidine rings is 1. The molecule has 2 aromatic rings. The quantitative estimate of drug-likeness (QED) is 0.503. The molecule has 0 radical (unpaired) electrons. The number of likely N-dealkylation sites (tertiary alicyclic amines) is 1. The summed E-state index contributed by atoms with van der Waals surface area (Å²) in [5, 5.41) is 2.34. The van der Waals surface area contributed by atoms with E-state index in [1.807, 2.05) is 62.4 Å². The second-order valence-electron chi connectivity index (χ2n) is 9.80. The molecule has 0 aliphatic carbocycles.